The Kier molecular flexibility index (Phi) is 4.45. The first-order chi connectivity index (χ1) is 10.3. The Morgan fingerprint density at radius 3 is 2.64 bits per heavy atom. The van der Waals surface area contributed by atoms with E-state index in [1.165, 1.54) is 6.33 Å². The largest absolute Gasteiger partial charge is 0.481 e. The van der Waals surface area contributed by atoms with Crippen LogP contribution < -0.4 is 4.74 Å². The van der Waals surface area contributed by atoms with Crippen LogP contribution in [0.2, 0.25) is 0 Å². The fourth-order valence-electron chi connectivity index (χ4n) is 2.39. The van der Waals surface area contributed by atoms with Gasteiger partial charge in [-0.25, -0.2) is 9.97 Å². The molecule has 0 unspecified atom stereocenters. The number of aryl methyl sites for hydroxylation is 1. The van der Waals surface area contributed by atoms with Crippen molar-refractivity contribution in [3.63, 3.8) is 0 Å². The van der Waals surface area contributed by atoms with Gasteiger partial charge in [-0.15, -0.1) is 0 Å². The lowest BCUT2D eigenvalue weighted by molar-refractivity contribution is -0.146. The number of carbonyl (C=O) groups is 1. The average Bonchev–Trinajstić information content (AvgIpc) is 2.47. The van der Waals surface area contributed by atoms with E-state index in [4.69, 9.17) is 4.74 Å². The summed E-state index contributed by atoms with van der Waals surface area (Å²) in [7, 11) is 1.57. The predicted molar refractivity (Wildman–Crippen MR) is 83.9 cm³/mol. The molecular formula is C17H20N2O3. The van der Waals surface area contributed by atoms with E-state index in [1.54, 1.807) is 27.2 Å². The first-order valence-corrected chi connectivity index (χ1v) is 7.02. The van der Waals surface area contributed by atoms with Gasteiger partial charge in [0.15, 0.2) is 0 Å². The smallest absolute Gasteiger partial charge is 0.309 e. The van der Waals surface area contributed by atoms with Crippen LogP contribution in [0.15, 0.2) is 30.7 Å². The molecule has 0 saturated carbocycles. The van der Waals surface area contributed by atoms with Gasteiger partial charge in [0.05, 0.1) is 18.1 Å². The van der Waals surface area contributed by atoms with E-state index < -0.39 is 11.4 Å². The van der Waals surface area contributed by atoms with E-state index in [9.17, 15) is 9.90 Å². The van der Waals surface area contributed by atoms with Gasteiger partial charge in [0, 0.05) is 6.20 Å². The van der Waals surface area contributed by atoms with Crippen LogP contribution in [0.1, 0.15) is 25.0 Å². The molecule has 1 aromatic heterocycles. The van der Waals surface area contributed by atoms with Crippen molar-refractivity contribution in [2.24, 2.45) is 5.41 Å². The zero-order valence-electron chi connectivity index (χ0n) is 13.3. The molecule has 5 heteroatoms. The number of carboxylic acids is 1. The van der Waals surface area contributed by atoms with Gasteiger partial charge in [-0.2, -0.15) is 0 Å². The minimum Gasteiger partial charge on any atom is -0.481 e. The first-order valence-electron chi connectivity index (χ1n) is 7.02. The molecule has 116 valence electrons. The Morgan fingerprint density at radius 2 is 2.05 bits per heavy atom. The van der Waals surface area contributed by atoms with E-state index in [0.29, 0.717) is 12.3 Å². The quantitative estimate of drug-likeness (QED) is 0.918. The Balaban J connectivity index is 2.37. The molecule has 2 aromatic rings. The summed E-state index contributed by atoms with van der Waals surface area (Å²) in [6, 6.07) is 5.91. The number of hydrogen-bond acceptors (Lipinski definition) is 4. The first kappa shape index (κ1) is 15.9. The van der Waals surface area contributed by atoms with Gasteiger partial charge in [0.25, 0.3) is 0 Å². The standard InChI is InChI=1S/C17H20N2O3/c1-11-7-12(8-17(2,3)16(20)21)5-6-13(11)14-9-18-10-19-15(14)22-4/h5-7,9-10H,8H2,1-4H3,(H,20,21). The minimum atomic E-state index is -0.799. The van der Waals surface area contributed by atoms with Crippen LogP contribution >= 0.6 is 0 Å². The lowest BCUT2D eigenvalue weighted by Crippen LogP contribution is -2.26. The summed E-state index contributed by atoms with van der Waals surface area (Å²) >= 11 is 0. The molecular weight excluding hydrogens is 280 g/mol. The molecule has 1 heterocycles. The summed E-state index contributed by atoms with van der Waals surface area (Å²) in [6.07, 6.45) is 3.64. The summed E-state index contributed by atoms with van der Waals surface area (Å²) in [5.74, 6) is -0.274. The molecule has 0 atom stereocenters. The third-order valence-corrected chi connectivity index (χ3v) is 3.68. The summed E-state index contributed by atoms with van der Waals surface area (Å²) in [6.45, 7) is 5.44. The number of ether oxygens (including phenoxy) is 1. The average molecular weight is 300 g/mol. The number of methoxy groups -OCH3 is 1. The molecule has 1 N–H and O–H groups in total. The third kappa shape index (κ3) is 3.24. The van der Waals surface area contributed by atoms with Crippen LogP contribution in [0.5, 0.6) is 5.88 Å². The number of hydrogen-bond donors (Lipinski definition) is 1. The van der Waals surface area contributed by atoms with E-state index in [-0.39, 0.29) is 0 Å². The van der Waals surface area contributed by atoms with Gasteiger partial charge in [-0.3, -0.25) is 4.79 Å². The normalized spacial score (nSPS) is 11.3. The van der Waals surface area contributed by atoms with Crippen LogP contribution in [-0.2, 0) is 11.2 Å². The Bertz CT molecular complexity index is 696. The molecule has 0 aliphatic carbocycles. The van der Waals surface area contributed by atoms with Gasteiger partial charge in [0.2, 0.25) is 5.88 Å². The van der Waals surface area contributed by atoms with Crippen molar-refractivity contribution in [2.75, 3.05) is 7.11 Å². The second kappa shape index (κ2) is 6.13. The lowest BCUT2D eigenvalue weighted by Gasteiger charge is -2.20. The SMILES string of the molecule is COc1ncncc1-c1ccc(CC(C)(C)C(=O)O)cc1C. The topological polar surface area (TPSA) is 72.3 Å². The second-order valence-corrected chi connectivity index (χ2v) is 5.96. The molecule has 0 saturated heterocycles. The number of aromatic nitrogens is 2. The summed E-state index contributed by atoms with van der Waals surface area (Å²) in [5, 5.41) is 9.24. The van der Waals surface area contributed by atoms with Crippen LogP contribution in [-0.4, -0.2) is 28.2 Å². The second-order valence-electron chi connectivity index (χ2n) is 5.96. The highest BCUT2D eigenvalue weighted by Crippen LogP contribution is 2.31. The molecule has 0 aliphatic heterocycles. The van der Waals surface area contributed by atoms with Crippen molar-refractivity contribution in [3.05, 3.63) is 41.9 Å². The lowest BCUT2D eigenvalue weighted by atomic mass is 9.85. The van der Waals surface area contributed by atoms with E-state index >= 15 is 0 Å². The molecule has 0 spiro atoms. The fourth-order valence-corrected chi connectivity index (χ4v) is 2.39. The molecule has 0 aliphatic rings. The fraction of sp³-hybridized carbons (Fsp3) is 0.353. The number of aliphatic carboxylic acids is 1. The monoisotopic (exact) mass is 300 g/mol. The number of rotatable bonds is 5. The van der Waals surface area contributed by atoms with E-state index in [0.717, 1.165) is 22.3 Å². The molecule has 22 heavy (non-hydrogen) atoms. The molecule has 2 rings (SSSR count). The van der Waals surface area contributed by atoms with Gasteiger partial charge >= 0.3 is 5.97 Å². The molecule has 1 aromatic carbocycles. The van der Waals surface area contributed by atoms with Crippen molar-refractivity contribution < 1.29 is 14.6 Å². The maximum Gasteiger partial charge on any atom is 0.309 e. The number of nitrogens with zero attached hydrogens (tertiary/aromatic N) is 2. The zero-order chi connectivity index (χ0) is 16.3. The highest BCUT2D eigenvalue weighted by molar-refractivity contribution is 5.74. The summed E-state index contributed by atoms with van der Waals surface area (Å²) in [4.78, 5) is 19.4. The van der Waals surface area contributed by atoms with Gasteiger partial charge in [0.1, 0.15) is 6.33 Å². The van der Waals surface area contributed by atoms with E-state index in [1.807, 2.05) is 25.1 Å². The minimum absolute atomic E-state index is 0.478. The Labute approximate surface area is 130 Å². The maximum absolute atomic E-state index is 11.2. The van der Waals surface area contributed by atoms with Crippen molar-refractivity contribution in [3.8, 4) is 17.0 Å². The summed E-state index contributed by atoms with van der Waals surface area (Å²) in [5.41, 5.74) is 3.04. The third-order valence-electron chi connectivity index (χ3n) is 3.68. The maximum atomic E-state index is 11.2. The van der Waals surface area contributed by atoms with Crippen molar-refractivity contribution in [1.29, 1.82) is 0 Å². The van der Waals surface area contributed by atoms with Crippen molar-refractivity contribution >= 4 is 5.97 Å². The zero-order valence-corrected chi connectivity index (χ0v) is 13.3. The van der Waals surface area contributed by atoms with Gasteiger partial charge in [-0.1, -0.05) is 18.2 Å². The van der Waals surface area contributed by atoms with Crippen LogP contribution in [0.3, 0.4) is 0 Å². The molecule has 0 radical (unpaired) electrons. The molecule has 5 nitrogen and oxygen atoms in total. The molecule has 0 fully saturated rings. The summed E-state index contributed by atoms with van der Waals surface area (Å²) < 4.78 is 5.27. The predicted octanol–water partition coefficient (Wildman–Crippen LogP) is 3.11. The Morgan fingerprint density at radius 1 is 1.32 bits per heavy atom. The Hall–Kier alpha value is -2.43. The van der Waals surface area contributed by atoms with Crippen LogP contribution in [0.25, 0.3) is 11.1 Å². The van der Waals surface area contributed by atoms with Gasteiger partial charge in [-0.05, 0) is 43.9 Å². The van der Waals surface area contributed by atoms with Crippen LogP contribution in [0, 0.1) is 12.3 Å². The molecule has 0 bridgehead atoms. The highest BCUT2D eigenvalue weighted by Gasteiger charge is 2.27. The van der Waals surface area contributed by atoms with Crippen molar-refractivity contribution in [2.45, 2.75) is 27.2 Å². The van der Waals surface area contributed by atoms with Crippen LogP contribution in [0.4, 0.5) is 0 Å². The van der Waals surface area contributed by atoms with Crippen molar-refractivity contribution in [1.82, 2.24) is 9.97 Å². The van der Waals surface area contributed by atoms with Gasteiger partial charge < -0.3 is 9.84 Å². The van der Waals surface area contributed by atoms with E-state index in [2.05, 4.69) is 9.97 Å². The molecule has 0 amide bonds. The number of carboxylic acid groups (broad SMARTS) is 1. The highest BCUT2D eigenvalue weighted by atomic mass is 16.5. The number of benzene rings is 1.